The predicted octanol–water partition coefficient (Wildman–Crippen LogP) is 2.77. The van der Waals surface area contributed by atoms with Gasteiger partial charge in [0.1, 0.15) is 0 Å². The number of hydrogen-bond donors (Lipinski definition) is 1. The zero-order valence-electron chi connectivity index (χ0n) is 10.5. The summed E-state index contributed by atoms with van der Waals surface area (Å²) in [6.07, 6.45) is 3.77. The third-order valence-electron chi connectivity index (χ3n) is 2.72. The highest BCUT2D eigenvalue weighted by Gasteiger charge is 2.17. The van der Waals surface area contributed by atoms with Crippen LogP contribution >= 0.6 is 11.8 Å². The van der Waals surface area contributed by atoms with Crippen molar-refractivity contribution >= 4 is 23.4 Å². The summed E-state index contributed by atoms with van der Waals surface area (Å²) in [7, 11) is 0. The normalized spacial score (nSPS) is 13.7. The molecule has 1 N–H and O–H groups in total. The molecular weight excluding hydrogens is 258 g/mol. The fourth-order valence-corrected chi connectivity index (χ4v) is 2.79. The summed E-state index contributed by atoms with van der Waals surface area (Å²) in [5.74, 6) is 1.49. The molecule has 0 saturated heterocycles. The molecule has 6 heteroatoms. The van der Waals surface area contributed by atoms with E-state index < -0.39 is 0 Å². The molecular formula is C13H13N5S. The molecule has 96 valence electrons. The zero-order valence-corrected chi connectivity index (χ0v) is 11.3. The standard InChI is InChI=1S/C13H13N5S/c1-9-7-10(2)18-12(15-9)16-17-13(18)19-8-11-5-3-4-6-14-11/h3-7H,1,8H2,2H3,(H,15,16). The van der Waals surface area contributed by atoms with Gasteiger partial charge in [-0.15, -0.1) is 10.2 Å². The summed E-state index contributed by atoms with van der Waals surface area (Å²) in [4.78, 5) is 4.30. The highest BCUT2D eigenvalue weighted by Crippen LogP contribution is 2.29. The largest absolute Gasteiger partial charge is 0.324 e. The van der Waals surface area contributed by atoms with E-state index in [9.17, 15) is 0 Å². The van der Waals surface area contributed by atoms with Gasteiger partial charge in [0.15, 0.2) is 5.16 Å². The molecule has 0 bridgehead atoms. The second kappa shape index (κ2) is 4.89. The van der Waals surface area contributed by atoms with E-state index >= 15 is 0 Å². The molecule has 0 atom stereocenters. The van der Waals surface area contributed by atoms with E-state index in [2.05, 4.69) is 27.1 Å². The third-order valence-corrected chi connectivity index (χ3v) is 3.68. The lowest BCUT2D eigenvalue weighted by Gasteiger charge is -2.16. The maximum atomic E-state index is 4.30. The molecule has 3 heterocycles. The minimum absolute atomic E-state index is 0.716. The van der Waals surface area contributed by atoms with Gasteiger partial charge in [-0.2, -0.15) is 0 Å². The summed E-state index contributed by atoms with van der Waals surface area (Å²) in [5.41, 5.74) is 2.92. The van der Waals surface area contributed by atoms with Crippen LogP contribution < -0.4 is 5.32 Å². The minimum atomic E-state index is 0.716. The first-order valence-corrected chi connectivity index (χ1v) is 6.85. The Kier molecular flexibility index (Phi) is 3.08. The van der Waals surface area contributed by atoms with Crippen molar-refractivity contribution in [1.29, 1.82) is 0 Å². The van der Waals surface area contributed by atoms with Gasteiger partial charge in [-0.25, -0.2) is 0 Å². The van der Waals surface area contributed by atoms with Gasteiger partial charge in [0.25, 0.3) is 0 Å². The maximum Gasteiger partial charge on any atom is 0.234 e. The van der Waals surface area contributed by atoms with Crippen LogP contribution in [0.15, 0.2) is 47.9 Å². The van der Waals surface area contributed by atoms with Crippen molar-refractivity contribution in [3.8, 4) is 0 Å². The number of thioether (sulfide) groups is 1. The molecule has 0 aromatic carbocycles. The van der Waals surface area contributed by atoms with E-state index in [-0.39, 0.29) is 0 Å². The van der Waals surface area contributed by atoms with Crippen LogP contribution in [0.5, 0.6) is 0 Å². The Hall–Kier alpha value is -2.08. The Balaban J connectivity index is 1.82. The SMILES string of the molecule is C=C1C=C(C)n2c(nnc2SCc2ccccn2)N1. The van der Waals surface area contributed by atoms with E-state index in [1.807, 2.05) is 35.8 Å². The van der Waals surface area contributed by atoms with Gasteiger partial charge in [-0.3, -0.25) is 9.55 Å². The Bertz CT molecular complexity index is 644. The highest BCUT2D eigenvalue weighted by molar-refractivity contribution is 7.98. The molecule has 2 aromatic rings. The monoisotopic (exact) mass is 271 g/mol. The van der Waals surface area contributed by atoms with Crippen LogP contribution in [0.1, 0.15) is 12.6 Å². The molecule has 5 nitrogen and oxygen atoms in total. The maximum absolute atomic E-state index is 4.30. The van der Waals surface area contributed by atoms with Crippen LogP contribution in [-0.4, -0.2) is 19.7 Å². The van der Waals surface area contributed by atoms with Crippen LogP contribution in [0.2, 0.25) is 0 Å². The topological polar surface area (TPSA) is 55.6 Å². The van der Waals surface area contributed by atoms with Crippen molar-refractivity contribution < 1.29 is 0 Å². The van der Waals surface area contributed by atoms with Crippen LogP contribution in [0.4, 0.5) is 5.95 Å². The first kappa shape index (κ1) is 12.0. The molecule has 0 aliphatic carbocycles. The number of allylic oxidation sites excluding steroid dienone is 2. The van der Waals surface area contributed by atoms with Gasteiger partial charge >= 0.3 is 0 Å². The first-order valence-electron chi connectivity index (χ1n) is 5.87. The predicted molar refractivity (Wildman–Crippen MR) is 76.5 cm³/mol. The molecule has 1 aliphatic heterocycles. The molecule has 0 radical (unpaired) electrons. The van der Waals surface area contributed by atoms with E-state index in [0.717, 1.165) is 28.0 Å². The van der Waals surface area contributed by atoms with Gasteiger partial charge in [0, 0.05) is 23.3 Å². The lowest BCUT2D eigenvalue weighted by molar-refractivity contribution is 0.890. The lowest BCUT2D eigenvalue weighted by atomic mass is 10.3. The van der Waals surface area contributed by atoms with Crippen molar-refractivity contribution in [2.24, 2.45) is 0 Å². The highest BCUT2D eigenvalue weighted by atomic mass is 32.2. The van der Waals surface area contributed by atoms with E-state index in [0.29, 0.717) is 5.95 Å². The Morgan fingerprint density at radius 1 is 1.37 bits per heavy atom. The Morgan fingerprint density at radius 3 is 3.05 bits per heavy atom. The molecule has 0 saturated carbocycles. The number of hydrogen-bond acceptors (Lipinski definition) is 5. The summed E-state index contributed by atoms with van der Waals surface area (Å²) in [6, 6.07) is 5.90. The number of aromatic nitrogens is 4. The van der Waals surface area contributed by atoms with E-state index in [4.69, 9.17) is 0 Å². The number of pyridine rings is 1. The van der Waals surface area contributed by atoms with Crippen molar-refractivity contribution in [3.05, 3.63) is 48.4 Å². The zero-order chi connectivity index (χ0) is 13.2. The fraction of sp³-hybridized carbons (Fsp3) is 0.154. The third kappa shape index (κ3) is 2.39. The van der Waals surface area contributed by atoms with Crippen LogP contribution in [0.25, 0.3) is 5.70 Å². The molecule has 19 heavy (non-hydrogen) atoms. The first-order chi connectivity index (χ1) is 9.24. The van der Waals surface area contributed by atoms with Crippen LogP contribution in [0, 0.1) is 0 Å². The average molecular weight is 271 g/mol. The number of fused-ring (bicyclic) bond motifs is 1. The van der Waals surface area contributed by atoms with Gasteiger partial charge in [-0.1, -0.05) is 24.4 Å². The van der Waals surface area contributed by atoms with Crippen molar-refractivity contribution in [2.45, 2.75) is 17.8 Å². The second-order valence-corrected chi connectivity index (χ2v) is 5.13. The summed E-state index contributed by atoms with van der Waals surface area (Å²) < 4.78 is 1.99. The molecule has 0 amide bonds. The second-order valence-electron chi connectivity index (χ2n) is 4.19. The Morgan fingerprint density at radius 2 is 2.26 bits per heavy atom. The number of anilines is 1. The van der Waals surface area contributed by atoms with Crippen LogP contribution in [0.3, 0.4) is 0 Å². The van der Waals surface area contributed by atoms with Gasteiger partial charge in [0.05, 0.1) is 5.69 Å². The fourth-order valence-electron chi connectivity index (χ4n) is 1.88. The molecule has 2 aromatic heterocycles. The smallest absolute Gasteiger partial charge is 0.234 e. The summed E-state index contributed by atoms with van der Waals surface area (Å²) in [5, 5.41) is 12.3. The number of rotatable bonds is 3. The summed E-state index contributed by atoms with van der Waals surface area (Å²) >= 11 is 1.62. The van der Waals surface area contributed by atoms with Crippen molar-refractivity contribution in [2.75, 3.05) is 5.32 Å². The van der Waals surface area contributed by atoms with E-state index in [1.54, 1.807) is 18.0 Å². The van der Waals surface area contributed by atoms with Crippen LogP contribution in [-0.2, 0) is 5.75 Å². The van der Waals surface area contributed by atoms with Gasteiger partial charge < -0.3 is 5.32 Å². The van der Waals surface area contributed by atoms with Crippen molar-refractivity contribution in [3.63, 3.8) is 0 Å². The van der Waals surface area contributed by atoms with Gasteiger partial charge in [0.2, 0.25) is 5.95 Å². The Labute approximate surface area is 115 Å². The molecule has 0 fully saturated rings. The average Bonchev–Trinajstić information content (AvgIpc) is 2.81. The molecule has 0 unspecified atom stereocenters. The van der Waals surface area contributed by atoms with Gasteiger partial charge in [-0.05, 0) is 25.1 Å². The minimum Gasteiger partial charge on any atom is -0.324 e. The van der Waals surface area contributed by atoms with E-state index in [1.165, 1.54) is 0 Å². The number of nitrogens with one attached hydrogen (secondary N) is 1. The molecule has 0 spiro atoms. The lowest BCUT2D eigenvalue weighted by Crippen LogP contribution is -2.11. The number of nitrogens with zero attached hydrogens (tertiary/aromatic N) is 4. The molecule has 1 aliphatic rings. The summed E-state index contributed by atoms with van der Waals surface area (Å²) in [6.45, 7) is 5.90. The quantitative estimate of drug-likeness (QED) is 0.870. The molecule has 3 rings (SSSR count). The van der Waals surface area contributed by atoms with Crippen molar-refractivity contribution in [1.82, 2.24) is 19.7 Å².